The largest absolute Gasteiger partial charge is 0.356 e. The van der Waals surface area contributed by atoms with Crippen LogP contribution < -0.4 is 4.84 Å². The summed E-state index contributed by atoms with van der Waals surface area (Å²) in [6.07, 6.45) is 3.04. The van der Waals surface area contributed by atoms with Gasteiger partial charge >= 0.3 is 0 Å². The Labute approximate surface area is 90.8 Å². The summed E-state index contributed by atoms with van der Waals surface area (Å²) in [6.45, 7) is 0. The second-order valence-corrected chi connectivity index (χ2v) is 3.35. The van der Waals surface area contributed by atoms with Gasteiger partial charge in [-0.2, -0.15) is 0 Å². The minimum atomic E-state index is 0.438. The standard InChI is InChI=1S/C9H5Cl2N2O/c10-7-2-3-9(8(11)6-7)14-13-5-1-4-12-13/h2-6H. The van der Waals surface area contributed by atoms with Crippen molar-refractivity contribution in [2.45, 2.75) is 0 Å². The monoisotopic (exact) mass is 227 g/mol. The van der Waals surface area contributed by atoms with Crippen LogP contribution in [0, 0.1) is 6.07 Å². The number of hydrogen-bond donors (Lipinski definition) is 0. The van der Waals surface area contributed by atoms with Crippen LogP contribution in [0.4, 0.5) is 0 Å². The topological polar surface area (TPSA) is 27.1 Å². The first-order chi connectivity index (χ1) is 6.75. The van der Waals surface area contributed by atoms with Gasteiger partial charge in [-0.05, 0) is 18.2 Å². The fourth-order valence-corrected chi connectivity index (χ4v) is 1.36. The van der Waals surface area contributed by atoms with Crippen LogP contribution in [0.2, 0.25) is 10.0 Å². The summed E-state index contributed by atoms with van der Waals surface area (Å²) in [7, 11) is 0. The maximum atomic E-state index is 5.89. The molecular formula is C9H5Cl2N2O. The zero-order valence-electron chi connectivity index (χ0n) is 6.95. The third-order valence-corrected chi connectivity index (χ3v) is 2.05. The van der Waals surface area contributed by atoms with E-state index < -0.39 is 0 Å². The molecule has 71 valence electrons. The zero-order chi connectivity index (χ0) is 9.97. The highest BCUT2D eigenvalue weighted by molar-refractivity contribution is 6.35. The molecule has 3 nitrogen and oxygen atoms in total. The highest BCUT2D eigenvalue weighted by Crippen LogP contribution is 2.27. The summed E-state index contributed by atoms with van der Waals surface area (Å²) < 4.78 is 0. The Kier molecular flexibility index (Phi) is 2.61. The van der Waals surface area contributed by atoms with Gasteiger partial charge in [-0.15, -0.1) is 5.10 Å². The third-order valence-electron chi connectivity index (χ3n) is 1.52. The highest BCUT2D eigenvalue weighted by Gasteiger charge is 2.03. The number of hydrogen-bond acceptors (Lipinski definition) is 2. The molecule has 14 heavy (non-hydrogen) atoms. The van der Waals surface area contributed by atoms with E-state index in [1.807, 2.05) is 0 Å². The maximum Gasteiger partial charge on any atom is 0.176 e. The lowest BCUT2D eigenvalue weighted by Crippen LogP contribution is -2.05. The van der Waals surface area contributed by atoms with Gasteiger partial charge < -0.3 is 4.84 Å². The quantitative estimate of drug-likeness (QED) is 0.790. The van der Waals surface area contributed by atoms with E-state index in [0.717, 1.165) is 0 Å². The van der Waals surface area contributed by atoms with E-state index in [1.165, 1.54) is 11.0 Å². The minimum absolute atomic E-state index is 0.438. The molecule has 0 aliphatic heterocycles. The van der Waals surface area contributed by atoms with Crippen LogP contribution in [-0.4, -0.2) is 9.94 Å². The molecule has 5 heteroatoms. The van der Waals surface area contributed by atoms with Crippen molar-refractivity contribution < 1.29 is 4.84 Å². The van der Waals surface area contributed by atoms with E-state index in [1.54, 1.807) is 24.4 Å². The first-order valence-corrected chi connectivity index (χ1v) is 4.55. The first-order valence-electron chi connectivity index (χ1n) is 3.80. The normalized spacial score (nSPS) is 10.1. The van der Waals surface area contributed by atoms with Gasteiger partial charge in [0.25, 0.3) is 0 Å². The Bertz CT molecular complexity index is 428. The number of nitrogens with zero attached hydrogens (tertiary/aromatic N) is 2. The molecule has 0 saturated carbocycles. The number of benzene rings is 1. The summed E-state index contributed by atoms with van der Waals surface area (Å²) >= 11 is 11.6. The molecule has 0 aliphatic rings. The fraction of sp³-hybridized carbons (Fsp3) is 0. The van der Waals surface area contributed by atoms with Crippen LogP contribution in [0.3, 0.4) is 0 Å². The first kappa shape index (κ1) is 9.37. The van der Waals surface area contributed by atoms with Crippen molar-refractivity contribution in [2.75, 3.05) is 0 Å². The predicted molar refractivity (Wildman–Crippen MR) is 53.6 cm³/mol. The van der Waals surface area contributed by atoms with E-state index in [4.69, 9.17) is 28.0 Å². The lowest BCUT2D eigenvalue weighted by atomic mass is 10.3. The summed E-state index contributed by atoms with van der Waals surface area (Å²) in [5.41, 5.74) is 0. The summed E-state index contributed by atoms with van der Waals surface area (Å²) in [4.78, 5) is 6.55. The van der Waals surface area contributed by atoms with Crippen molar-refractivity contribution in [3.8, 4) is 5.75 Å². The number of rotatable bonds is 2. The average molecular weight is 228 g/mol. The fourth-order valence-electron chi connectivity index (χ4n) is 0.921. The maximum absolute atomic E-state index is 5.89. The minimum Gasteiger partial charge on any atom is -0.356 e. The Balaban J connectivity index is 2.25. The van der Waals surface area contributed by atoms with Crippen LogP contribution in [0.5, 0.6) is 5.75 Å². The zero-order valence-corrected chi connectivity index (χ0v) is 8.46. The van der Waals surface area contributed by atoms with Crippen LogP contribution >= 0.6 is 23.2 Å². The molecule has 0 N–H and O–H groups in total. The third kappa shape index (κ3) is 2.00. The number of halogens is 2. The van der Waals surface area contributed by atoms with E-state index >= 15 is 0 Å². The molecule has 1 heterocycles. The summed E-state index contributed by atoms with van der Waals surface area (Å²) in [5.74, 6) is 0.494. The van der Waals surface area contributed by atoms with Gasteiger partial charge in [0.15, 0.2) is 5.75 Å². The van der Waals surface area contributed by atoms with Crippen LogP contribution in [-0.2, 0) is 0 Å². The lowest BCUT2D eigenvalue weighted by molar-refractivity contribution is 0.179. The van der Waals surface area contributed by atoms with Gasteiger partial charge in [-0.25, -0.2) is 0 Å². The summed E-state index contributed by atoms with van der Waals surface area (Å²) in [6, 6.07) is 7.70. The molecule has 1 radical (unpaired) electrons. The molecule has 0 unspecified atom stereocenters. The molecule has 1 aromatic heterocycles. The van der Waals surface area contributed by atoms with E-state index in [-0.39, 0.29) is 0 Å². The smallest absolute Gasteiger partial charge is 0.176 e. The number of aromatic nitrogens is 2. The van der Waals surface area contributed by atoms with Crippen LogP contribution in [0.1, 0.15) is 0 Å². The van der Waals surface area contributed by atoms with Gasteiger partial charge in [0.1, 0.15) is 0 Å². The SMILES string of the molecule is Clc1ccc(On2c[c]cn2)c(Cl)c1. The van der Waals surface area contributed by atoms with Crippen molar-refractivity contribution in [2.24, 2.45) is 0 Å². The van der Waals surface area contributed by atoms with Gasteiger partial charge in [0, 0.05) is 11.1 Å². The van der Waals surface area contributed by atoms with Crippen LogP contribution in [0.25, 0.3) is 0 Å². The van der Waals surface area contributed by atoms with Crippen molar-refractivity contribution >= 4 is 23.2 Å². The van der Waals surface area contributed by atoms with Gasteiger partial charge in [0.2, 0.25) is 0 Å². The van der Waals surface area contributed by atoms with Gasteiger partial charge in [-0.1, -0.05) is 28.0 Å². The van der Waals surface area contributed by atoms with Crippen molar-refractivity contribution in [1.29, 1.82) is 0 Å². The van der Waals surface area contributed by atoms with Gasteiger partial charge in [-0.3, -0.25) is 0 Å². The molecule has 1 aromatic carbocycles. The highest BCUT2D eigenvalue weighted by atomic mass is 35.5. The van der Waals surface area contributed by atoms with Gasteiger partial charge in [0.05, 0.1) is 17.4 Å². The molecule has 0 spiro atoms. The van der Waals surface area contributed by atoms with Crippen molar-refractivity contribution in [3.05, 3.63) is 46.7 Å². The Morgan fingerprint density at radius 3 is 2.86 bits per heavy atom. The molecule has 0 saturated heterocycles. The second kappa shape index (κ2) is 3.90. The van der Waals surface area contributed by atoms with Crippen molar-refractivity contribution in [1.82, 2.24) is 9.94 Å². The van der Waals surface area contributed by atoms with E-state index in [0.29, 0.717) is 15.8 Å². The Morgan fingerprint density at radius 2 is 2.21 bits per heavy atom. The van der Waals surface area contributed by atoms with Crippen LogP contribution in [0.15, 0.2) is 30.6 Å². The second-order valence-electron chi connectivity index (χ2n) is 2.51. The molecular weight excluding hydrogens is 223 g/mol. The molecule has 0 amide bonds. The van der Waals surface area contributed by atoms with E-state index in [2.05, 4.69) is 11.2 Å². The molecule has 2 rings (SSSR count). The lowest BCUT2D eigenvalue weighted by Gasteiger charge is -2.05. The van der Waals surface area contributed by atoms with Crippen molar-refractivity contribution in [3.63, 3.8) is 0 Å². The molecule has 0 atom stereocenters. The average Bonchev–Trinajstić information content (AvgIpc) is 2.62. The molecule has 0 bridgehead atoms. The Hall–Kier alpha value is -1.19. The molecule has 2 aromatic rings. The predicted octanol–water partition coefficient (Wildman–Crippen LogP) is 2.83. The molecule has 0 aliphatic carbocycles. The Morgan fingerprint density at radius 1 is 1.36 bits per heavy atom. The summed E-state index contributed by atoms with van der Waals surface area (Å²) in [5, 5.41) is 4.82. The van der Waals surface area contributed by atoms with E-state index in [9.17, 15) is 0 Å². The molecule has 0 fully saturated rings.